The largest absolute Gasteiger partial charge is 0.493 e. The smallest absolute Gasteiger partial charge is 0.306 e. The molecule has 7 heteroatoms. The minimum atomic E-state index is -0.780. The van der Waals surface area contributed by atoms with Crippen LogP contribution < -0.4 is 14.2 Å². The second-order valence-electron chi connectivity index (χ2n) is 11.6. The molecule has 41 heavy (non-hydrogen) atoms. The number of hydrogen-bond donors (Lipinski definition) is 1. The first-order chi connectivity index (χ1) is 19.4. The van der Waals surface area contributed by atoms with E-state index in [1.165, 1.54) is 13.2 Å². The van der Waals surface area contributed by atoms with Gasteiger partial charge in [0, 0.05) is 29.5 Å². The summed E-state index contributed by atoms with van der Waals surface area (Å²) >= 11 is 0. The van der Waals surface area contributed by atoms with Crippen molar-refractivity contribution in [2.45, 2.75) is 77.4 Å². The fourth-order valence-corrected chi connectivity index (χ4v) is 5.39. The van der Waals surface area contributed by atoms with Gasteiger partial charge < -0.3 is 24.1 Å². The summed E-state index contributed by atoms with van der Waals surface area (Å²) in [5.41, 5.74) is 4.71. The van der Waals surface area contributed by atoms with Gasteiger partial charge in [-0.25, -0.2) is 4.39 Å². The number of carbonyl (C=O) groups excluding carboxylic acids is 1. The summed E-state index contributed by atoms with van der Waals surface area (Å²) in [6.07, 6.45) is 5.71. The van der Waals surface area contributed by atoms with Crippen LogP contribution in [-0.4, -0.2) is 43.1 Å². The molecule has 1 aliphatic carbocycles. The van der Waals surface area contributed by atoms with E-state index in [1.807, 2.05) is 44.2 Å². The van der Waals surface area contributed by atoms with Gasteiger partial charge >= 0.3 is 5.97 Å². The zero-order chi connectivity index (χ0) is 29.7. The number of carbonyl (C=O) groups is 1. The summed E-state index contributed by atoms with van der Waals surface area (Å²) in [5.74, 6) is 1.25. The number of aliphatic hydroxyl groups is 1. The number of methoxy groups -OCH3 is 1. The van der Waals surface area contributed by atoms with Gasteiger partial charge in [0.1, 0.15) is 29.2 Å². The number of halogens is 1. The van der Waals surface area contributed by atoms with Crippen LogP contribution in [0.25, 0.3) is 5.57 Å². The fourth-order valence-electron chi connectivity index (χ4n) is 5.39. The Hall–Kier alpha value is -3.58. The average molecular weight is 565 g/mol. The molecule has 1 N–H and O–H groups in total. The molecule has 1 aliphatic heterocycles. The van der Waals surface area contributed by atoms with Crippen molar-refractivity contribution < 1.29 is 33.2 Å². The van der Waals surface area contributed by atoms with Crippen molar-refractivity contribution in [2.75, 3.05) is 20.3 Å². The second kappa shape index (κ2) is 12.9. The van der Waals surface area contributed by atoms with E-state index in [-0.39, 0.29) is 18.3 Å². The maximum absolute atomic E-state index is 15.3. The van der Waals surface area contributed by atoms with Crippen molar-refractivity contribution >= 4 is 11.5 Å². The number of benzene rings is 2. The molecular weight excluding hydrogens is 523 g/mol. The summed E-state index contributed by atoms with van der Waals surface area (Å²) in [6, 6.07) is 9.53. The van der Waals surface area contributed by atoms with Gasteiger partial charge in [-0.15, -0.1) is 0 Å². The minimum absolute atomic E-state index is 0.0588. The van der Waals surface area contributed by atoms with Gasteiger partial charge in [0.25, 0.3) is 0 Å². The normalized spacial score (nSPS) is 21.7. The molecule has 2 aliphatic rings. The van der Waals surface area contributed by atoms with Crippen molar-refractivity contribution in [2.24, 2.45) is 0 Å². The van der Waals surface area contributed by atoms with Gasteiger partial charge in [0.2, 0.25) is 0 Å². The molecule has 0 bridgehead atoms. The molecular formula is C34H41FO6. The predicted octanol–water partition coefficient (Wildman–Crippen LogP) is 7.31. The molecule has 1 heterocycles. The molecule has 0 saturated heterocycles. The molecule has 0 spiro atoms. The first kappa shape index (κ1) is 30.4. The number of hydrogen-bond acceptors (Lipinski definition) is 6. The van der Waals surface area contributed by atoms with E-state index in [9.17, 15) is 9.90 Å². The average Bonchev–Trinajstić information content (AvgIpc) is 3.32. The van der Waals surface area contributed by atoms with Crippen LogP contribution in [0.15, 0.2) is 60.5 Å². The van der Waals surface area contributed by atoms with Crippen molar-refractivity contribution in [3.63, 3.8) is 0 Å². The highest BCUT2D eigenvalue weighted by atomic mass is 19.1. The Morgan fingerprint density at radius 3 is 2.56 bits per heavy atom. The Morgan fingerprint density at radius 1 is 1.15 bits per heavy atom. The SMILES string of the molecule is C=C1/C(F)=C\C=C(\c2c(C)cc(OCCC(C)(C)O)cc2C)CCCC1Oc1ccc2c(c1)OC[C@H]2CC(=O)OC. The lowest BCUT2D eigenvalue weighted by Gasteiger charge is -2.21. The zero-order valence-electron chi connectivity index (χ0n) is 24.7. The van der Waals surface area contributed by atoms with Gasteiger partial charge in [-0.05, 0) is 93.5 Å². The topological polar surface area (TPSA) is 74.2 Å². The van der Waals surface area contributed by atoms with E-state index in [0.29, 0.717) is 43.1 Å². The number of ether oxygens (including phenoxy) is 4. The minimum Gasteiger partial charge on any atom is -0.493 e. The van der Waals surface area contributed by atoms with Crippen molar-refractivity contribution in [3.8, 4) is 17.2 Å². The molecule has 2 aromatic rings. The van der Waals surface area contributed by atoms with E-state index in [0.717, 1.165) is 46.4 Å². The zero-order valence-corrected chi connectivity index (χ0v) is 24.7. The van der Waals surface area contributed by atoms with E-state index in [4.69, 9.17) is 18.9 Å². The Kier molecular flexibility index (Phi) is 9.59. The van der Waals surface area contributed by atoms with E-state index < -0.39 is 17.5 Å². The van der Waals surface area contributed by atoms with Gasteiger partial charge in [-0.1, -0.05) is 18.7 Å². The third-order valence-electron chi connectivity index (χ3n) is 7.63. The quantitative estimate of drug-likeness (QED) is 0.322. The first-order valence-corrected chi connectivity index (χ1v) is 14.2. The highest BCUT2D eigenvalue weighted by Crippen LogP contribution is 2.40. The van der Waals surface area contributed by atoms with Crippen LogP contribution in [0.2, 0.25) is 0 Å². The van der Waals surface area contributed by atoms with Gasteiger partial charge in [-0.2, -0.15) is 0 Å². The Morgan fingerprint density at radius 2 is 1.88 bits per heavy atom. The van der Waals surface area contributed by atoms with E-state index in [2.05, 4.69) is 6.58 Å². The Bertz CT molecular complexity index is 1330. The highest BCUT2D eigenvalue weighted by molar-refractivity contribution is 5.73. The molecule has 2 aromatic carbocycles. The van der Waals surface area contributed by atoms with Crippen LogP contribution in [0.3, 0.4) is 0 Å². The number of fused-ring (bicyclic) bond motifs is 1. The van der Waals surface area contributed by atoms with Crippen LogP contribution in [-0.2, 0) is 9.53 Å². The third-order valence-corrected chi connectivity index (χ3v) is 7.63. The Labute approximate surface area is 242 Å². The molecule has 0 saturated carbocycles. The number of allylic oxidation sites excluding steroid dienone is 3. The molecule has 0 fully saturated rings. The molecule has 4 rings (SSSR count). The number of esters is 1. The van der Waals surface area contributed by atoms with Crippen LogP contribution in [0.5, 0.6) is 17.2 Å². The van der Waals surface area contributed by atoms with Crippen molar-refractivity contribution in [1.82, 2.24) is 0 Å². The summed E-state index contributed by atoms with van der Waals surface area (Å²) in [4.78, 5) is 11.7. The monoisotopic (exact) mass is 564 g/mol. The molecule has 220 valence electrons. The molecule has 6 nitrogen and oxygen atoms in total. The number of aryl methyl sites for hydroxylation is 2. The third kappa shape index (κ3) is 7.79. The summed E-state index contributed by atoms with van der Waals surface area (Å²) in [6.45, 7) is 12.4. The van der Waals surface area contributed by atoms with Crippen LogP contribution >= 0.6 is 0 Å². The number of rotatable bonds is 9. The van der Waals surface area contributed by atoms with E-state index in [1.54, 1.807) is 19.9 Å². The molecule has 1 unspecified atom stereocenters. The first-order valence-electron chi connectivity index (χ1n) is 14.2. The van der Waals surface area contributed by atoms with Crippen molar-refractivity contribution in [1.29, 1.82) is 0 Å². The maximum atomic E-state index is 15.3. The standard InChI is InChI=1S/C34H41FO6/c1-21-16-27(39-15-14-34(4,5)37)17-22(2)33(21)24-8-7-9-30(23(3)29(35)13-10-24)41-26-11-12-28-25(18-32(36)38-6)20-40-31(28)19-26/h10-13,16-17,19,25,30,37H,3,7-9,14-15,18,20H2,1-2,4-6H3/b24-10+,29-13+/t25-,30?/m1/s1. The second-order valence-corrected chi connectivity index (χ2v) is 11.6. The molecule has 2 atom stereocenters. The summed E-state index contributed by atoms with van der Waals surface area (Å²) in [5, 5.41) is 9.96. The lowest BCUT2D eigenvalue weighted by molar-refractivity contribution is -0.141. The van der Waals surface area contributed by atoms with Gasteiger partial charge in [0.15, 0.2) is 0 Å². The van der Waals surface area contributed by atoms with Crippen LogP contribution in [0.4, 0.5) is 4.39 Å². The predicted molar refractivity (Wildman–Crippen MR) is 158 cm³/mol. The van der Waals surface area contributed by atoms with Crippen LogP contribution in [0.1, 0.15) is 74.1 Å². The lowest BCUT2D eigenvalue weighted by atomic mass is 9.91. The van der Waals surface area contributed by atoms with Gasteiger partial charge in [-0.3, -0.25) is 4.79 Å². The van der Waals surface area contributed by atoms with E-state index >= 15 is 4.39 Å². The lowest BCUT2D eigenvalue weighted by Crippen LogP contribution is -2.21. The Balaban J connectivity index is 1.45. The molecule has 0 aromatic heterocycles. The fraction of sp³-hybridized carbons (Fsp3) is 0.441. The maximum Gasteiger partial charge on any atom is 0.306 e. The summed E-state index contributed by atoms with van der Waals surface area (Å²) in [7, 11) is 1.38. The van der Waals surface area contributed by atoms with Crippen LogP contribution in [0, 0.1) is 13.8 Å². The van der Waals surface area contributed by atoms with Gasteiger partial charge in [0.05, 0.1) is 32.3 Å². The highest BCUT2D eigenvalue weighted by Gasteiger charge is 2.28. The van der Waals surface area contributed by atoms with Crippen molar-refractivity contribution in [3.05, 3.63) is 82.7 Å². The molecule has 0 radical (unpaired) electrons. The molecule has 0 amide bonds. The summed E-state index contributed by atoms with van der Waals surface area (Å²) < 4.78 is 38.0.